The Morgan fingerprint density at radius 2 is 1.82 bits per heavy atom. The van der Waals surface area contributed by atoms with Crippen LogP contribution in [-0.4, -0.2) is 35.1 Å². The van der Waals surface area contributed by atoms with Crippen LogP contribution in [0.3, 0.4) is 0 Å². The number of nitrogens with one attached hydrogen (secondary N) is 1. The minimum atomic E-state index is -0.457. The predicted octanol–water partition coefficient (Wildman–Crippen LogP) is 4.80. The van der Waals surface area contributed by atoms with E-state index in [4.69, 9.17) is 13.9 Å². The lowest BCUT2D eigenvalue weighted by Gasteiger charge is -2.09. The Hall–Kier alpha value is -2.91. The van der Waals surface area contributed by atoms with Crippen molar-refractivity contribution in [3.8, 4) is 11.5 Å². The lowest BCUT2D eigenvalue weighted by atomic mass is 10.1. The van der Waals surface area contributed by atoms with Gasteiger partial charge in [-0.25, -0.2) is 4.98 Å². The molecule has 1 aliphatic rings. The van der Waals surface area contributed by atoms with Gasteiger partial charge in [0, 0.05) is 29.5 Å². The third kappa shape index (κ3) is 6.33. The zero-order valence-electron chi connectivity index (χ0n) is 18.3. The van der Waals surface area contributed by atoms with Gasteiger partial charge in [0.15, 0.2) is 0 Å². The van der Waals surface area contributed by atoms with Crippen LogP contribution in [0.4, 0.5) is 4.79 Å². The van der Waals surface area contributed by atoms with Crippen molar-refractivity contribution in [1.29, 1.82) is 0 Å². The molecule has 3 aromatic rings. The molecule has 172 valence electrons. The molecule has 0 radical (unpaired) electrons. The highest BCUT2D eigenvalue weighted by Crippen LogP contribution is 2.26. The molecule has 1 aromatic heterocycles. The molecular weight excluding hydrogens is 460 g/mol. The van der Waals surface area contributed by atoms with Gasteiger partial charge in [-0.3, -0.25) is 9.59 Å². The fourth-order valence-electron chi connectivity index (χ4n) is 3.35. The van der Waals surface area contributed by atoms with Gasteiger partial charge < -0.3 is 19.2 Å². The van der Waals surface area contributed by atoms with Crippen LogP contribution in [0.1, 0.15) is 22.9 Å². The van der Waals surface area contributed by atoms with Gasteiger partial charge in [0.25, 0.3) is 5.24 Å². The number of nitrogens with zero attached hydrogens (tertiary/aromatic N) is 1. The van der Waals surface area contributed by atoms with E-state index >= 15 is 0 Å². The van der Waals surface area contributed by atoms with E-state index in [1.807, 2.05) is 55.5 Å². The van der Waals surface area contributed by atoms with Crippen molar-refractivity contribution in [3.63, 3.8) is 0 Å². The first-order valence-corrected chi connectivity index (χ1v) is 12.3. The molecule has 2 heterocycles. The molecule has 1 fully saturated rings. The Morgan fingerprint density at radius 3 is 2.48 bits per heavy atom. The second-order valence-electron chi connectivity index (χ2n) is 7.43. The lowest BCUT2D eigenvalue weighted by molar-refractivity contribution is -0.112. The predicted molar refractivity (Wildman–Crippen MR) is 128 cm³/mol. The van der Waals surface area contributed by atoms with Gasteiger partial charge in [0.1, 0.15) is 23.3 Å². The number of carbonyl (C=O) groups excluding carboxylic acids is 2. The Bertz CT molecular complexity index is 1110. The maximum atomic E-state index is 11.7. The summed E-state index contributed by atoms with van der Waals surface area (Å²) in [5, 5.41) is 2.25. The van der Waals surface area contributed by atoms with Crippen molar-refractivity contribution in [1.82, 2.24) is 10.3 Å². The van der Waals surface area contributed by atoms with Crippen LogP contribution < -0.4 is 14.8 Å². The summed E-state index contributed by atoms with van der Waals surface area (Å²) in [5.41, 5.74) is 1.86. The van der Waals surface area contributed by atoms with Crippen LogP contribution in [0.25, 0.3) is 0 Å². The van der Waals surface area contributed by atoms with Crippen LogP contribution in [0.5, 0.6) is 11.5 Å². The summed E-state index contributed by atoms with van der Waals surface area (Å²) in [7, 11) is 1.65. The highest BCUT2D eigenvalue weighted by molar-refractivity contribution is 8.26. The summed E-state index contributed by atoms with van der Waals surface area (Å²) in [5.74, 6) is 3.73. The molecule has 1 amide bonds. The average molecular weight is 485 g/mol. The third-order valence-electron chi connectivity index (χ3n) is 5.10. The first-order chi connectivity index (χ1) is 16.0. The highest BCUT2D eigenvalue weighted by Gasteiger charge is 2.31. The maximum absolute atomic E-state index is 11.7. The second kappa shape index (κ2) is 10.8. The summed E-state index contributed by atoms with van der Waals surface area (Å²) < 4.78 is 16.8. The first-order valence-electron chi connectivity index (χ1n) is 10.5. The van der Waals surface area contributed by atoms with Crippen molar-refractivity contribution in [2.45, 2.75) is 36.5 Å². The molecule has 4 rings (SSSR count). The molecule has 9 heteroatoms. The molecular formula is C24H24N2O5S2. The van der Waals surface area contributed by atoms with Crippen LogP contribution >= 0.6 is 23.5 Å². The monoisotopic (exact) mass is 484 g/mol. The fraction of sp³-hybridized carbons (Fsp3) is 0.292. The minimum absolute atomic E-state index is 0.134. The molecule has 33 heavy (non-hydrogen) atoms. The number of ether oxygens (including phenoxy) is 2. The number of amides is 1. The molecule has 1 aliphatic heterocycles. The van der Waals surface area contributed by atoms with E-state index in [1.54, 1.807) is 18.9 Å². The number of aromatic nitrogens is 1. The standard InChI is InChI=1S/C24H24N2O5S2/c1-15-20(25-22(31-15)14-32-19-9-7-17(29-2)8-10-19)11-12-30-18-5-3-16(4-6-18)13-21-23(27)33-24(28)26-21/h3-10,21H,11-14H2,1-2H3,(H,26,28). The second-order valence-corrected chi connectivity index (χ2v) is 9.45. The number of aryl methyl sites for hydroxylation is 1. The van der Waals surface area contributed by atoms with Crippen molar-refractivity contribution >= 4 is 33.9 Å². The molecule has 1 N–H and O–H groups in total. The number of methoxy groups -OCH3 is 1. The minimum Gasteiger partial charge on any atom is -0.497 e. The van der Waals surface area contributed by atoms with E-state index in [9.17, 15) is 9.59 Å². The zero-order valence-corrected chi connectivity index (χ0v) is 20.0. The van der Waals surface area contributed by atoms with Gasteiger partial charge in [-0.1, -0.05) is 12.1 Å². The van der Waals surface area contributed by atoms with Gasteiger partial charge in [-0.2, -0.15) is 0 Å². The van der Waals surface area contributed by atoms with Crippen molar-refractivity contribution < 1.29 is 23.5 Å². The topological polar surface area (TPSA) is 90.7 Å². The number of carbonyl (C=O) groups is 2. The summed E-state index contributed by atoms with van der Waals surface area (Å²) in [6.07, 6.45) is 1.12. The van der Waals surface area contributed by atoms with Crippen molar-refractivity contribution in [3.05, 3.63) is 71.4 Å². The van der Waals surface area contributed by atoms with Gasteiger partial charge in [-0.15, -0.1) is 11.8 Å². The van der Waals surface area contributed by atoms with Crippen molar-refractivity contribution in [2.75, 3.05) is 13.7 Å². The van der Waals surface area contributed by atoms with Gasteiger partial charge >= 0.3 is 0 Å². The number of rotatable bonds is 10. The molecule has 0 bridgehead atoms. The molecule has 0 aliphatic carbocycles. The number of benzene rings is 2. The number of hydrogen-bond donors (Lipinski definition) is 1. The van der Waals surface area contributed by atoms with Gasteiger partial charge in [0.05, 0.1) is 25.2 Å². The van der Waals surface area contributed by atoms with E-state index in [1.165, 1.54) is 0 Å². The van der Waals surface area contributed by atoms with Crippen LogP contribution in [-0.2, 0) is 23.4 Å². The van der Waals surface area contributed by atoms with Crippen LogP contribution in [0.2, 0.25) is 0 Å². The summed E-state index contributed by atoms with van der Waals surface area (Å²) >= 11 is 2.39. The van der Waals surface area contributed by atoms with E-state index in [0.717, 1.165) is 45.2 Å². The molecule has 1 atom stereocenters. The molecule has 0 saturated carbocycles. The number of oxazole rings is 1. The average Bonchev–Trinajstić information content (AvgIpc) is 3.33. The van der Waals surface area contributed by atoms with Gasteiger partial charge in [0.2, 0.25) is 11.0 Å². The molecule has 0 spiro atoms. The molecule has 1 saturated heterocycles. The van der Waals surface area contributed by atoms with E-state index < -0.39 is 6.04 Å². The Labute approximate surface area is 200 Å². The van der Waals surface area contributed by atoms with Crippen LogP contribution in [0, 0.1) is 6.92 Å². The van der Waals surface area contributed by atoms with Gasteiger partial charge in [-0.05, 0) is 48.9 Å². The summed E-state index contributed by atoms with van der Waals surface area (Å²) in [6.45, 7) is 2.39. The SMILES string of the molecule is COc1ccc(SCc2nc(CCOc3ccc(CC4NC(=O)SC4=O)cc3)c(C)o2)cc1. The molecule has 2 aromatic carbocycles. The lowest BCUT2D eigenvalue weighted by Crippen LogP contribution is -2.30. The Morgan fingerprint density at radius 1 is 1.09 bits per heavy atom. The largest absolute Gasteiger partial charge is 0.497 e. The molecule has 1 unspecified atom stereocenters. The van der Waals surface area contributed by atoms with E-state index in [0.29, 0.717) is 31.1 Å². The third-order valence-corrected chi connectivity index (χ3v) is 6.89. The van der Waals surface area contributed by atoms with Crippen LogP contribution in [0.15, 0.2) is 57.8 Å². The van der Waals surface area contributed by atoms with Crippen molar-refractivity contribution in [2.24, 2.45) is 0 Å². The smallest absolute Gasteiger partial charge is 0.287 e. The quantitative estimate of drug-likeness (QED) is 0.411. The Balaban J connectivity index is 1.23. The zero-order chi connectivity index (χ0) is 23.2. The summed E-state index contributed by atoms with van der Waals surface area (Å²) in [6, 6.07) is 15.0. The number of hydrogen-bond acceptors (Lipinski definition) is 8. The maximum Gasteiger partial charge on any atom is 0.287 e. The fourth-order valence-corrected chi connectivity index (χ4v) is 4.76. The number of thioether (sulfide) groups is 2. The first kappa shape index (κ1) is 23.3. The van der Waals surface area contributed by atoms with E-state index in [2.05, 4.69) is 10.3 Å². The Kier molecular flexibility index (Phi) is 7.61. The summed E-state index contributed by atoms with van der Waals surface area (Å²) in [4.78, 5) is 28.8. The highest BCUT2D eigenvalue weighted by atomic mass is 32.2. The van der Waals surface area contributed by atoms with E-state index in [-0.39, 0.29) is 10.4 Å². The molecule has 7 nitrogen and oxygen atoms in total. The normalized spacial score (nSPS) is 15.5.